The van der Waals surface area contributed by atoms with Crippen LogP contribution in [0, 0.1) is 5.82 Å². The fourth-order valence-electron chi connectivity index (χ4n) is 1.81. The molecule has 2 aromatic rings. The summed E-state index contributed by atoms with van der Waals surface area (Å²) in [6, 6.07) is 5.73. The van der Waals surface area contributed by atoms with Gasteiger partial charge in [0.25, 0.3) is 0 Å². The van der Waals surface area contributed by atoms with Gasteiger partial charge in [0.05, 0.1) is 5.71 Å². The fraction of sp³-hybridized carbons (Fsp3) is 0.143. The monoisotopic (exact) mass is 286 g/mol. The zero-order chi connectivity index (χ0) is 14.7. The van der Waals surface area contributed by atoms with E-state index in [-0.39, 0.29) is 17.7 Å². The highest BCUT2D eigenvalue weighted by Gasteiger charge is 2.14. The smallest absolute Gasteiger partial charge is 0.321 e. The Morgan fingerprint density at radius 1 is 1.10 bits per heavy atom. The molecule has 1 N–H and O–H groups in total. The standard InChI is InChI=1S/C14H11FN4O2/c15-10-1-3-11(4-2-10)21-14-16-7-9(8-17-14)12-5-6-13(20)19-18-12/h1-4,7-8H,5-6H2,(H,19,20). The van der Waals surface area contributed by atoms with Gasteiger partial charge in [0.1, 0.15) is 11.6 Å². The average Bonchev–Trinajstić information content (AvgIpc) is 2.51. The summed E-state index contributed by atoms with van der Waals surface area (Å²) >= 11 is 0. The number of hydrogen-bond donors (Lipinski definition) is 1. The molecule has 0 bridgehead atoms. The molecule has 1 aliphatic heterocycles. The van der Waals surface area contributed by atoms with Crippen LogP contribution in [0.5, 0.6) is 11.8 Å². The quantitative estimate of drug-likeness (QED) is 0.936. The second kappa shape index (κ2) is 5.66. The maximum Gasteiger partial charge on any atom is 0.321 e. The predicted molar refractivity (Wildman–Crippen MR) is 72.4 cm³/mol. The normalized spacial score (nSPS) is 14.3. The first-order valence-corrected chi connectivity index (χ1v) is 6.32. The van der Waals surface area contributed by atoms with E-state index in [1.165, 1.54) is 24.3 Å². The van der Waals surface area contributed by atoms with Crippen LogP contribution < -0.4 is 10.2 Å². The summed E-state index contributed by atoms with van der Waals surface area (Å²) in [4.78, 5) is 19.2. The number of benzene rings is 1. The number of carbonyl (C=O) groups excluding carboxylic acids is 1. The highest BCUT2D eigenvalue weighted by molar-refractivity contribution is 6.03. The van der Waals surface area contributed by atoms with Crippen LogP contribution in [0.25, 0.3) is 0 Å². The molecule has 0 saturated heterocycles. The zero-order valence-electron chi connectivity index (χ0n) is 10.9. The molecule has 7 heteroatoms. The Bertz CT molecular complexity index is 683. The fourth-order valence-corrected chi connectivity index (χ4v) is 1.81. The Morgan fingerprint density at radius 2 is 1.81 bits per heavy atom. The van der Waals surface area contributed by atoms with E-state index in [9.17, 15) is 9.18 Å². The van der Waals surface area contributed by atoms with Crippen molar-refractivity contribution in [3.8, 4) is 11.8 Å². The van der Waals surface area contributed by atoms with Gasteiger partial charge in [-0.05, 0) is 24.3 Å². The van der Waals surface area contributed by atoms with E-state index in [2.05, 4.69) is 20.5 Å². The van der Waals surface area contributed by atoms with Crippen molar-refractivity contribution in [1.29, 1.82) is 0 Å². The number of nitrogens with zero attached hydrogens (tertiary/aromatic N) is 3. The first-order valence-electron chi connectivity index (χ1n) is 6.32. The predicted octanol–water partition coefficient (Wildman–Crippen LogP) is 2.02. The molecule has 106 valence electrons. The molecule has 0 aliphatic carbocycles. The number of amides is 1. The van der Waals surface area contributed by atoms with E-state index in [4.69, 9.17) is 4.74 Å². The molecular formula is C14H11FN4O2. The van der Waals surface area contributed by atoms with E-state index in [0.717, 1.165) is 11.3 Å². The molecule has 0 atom stereocenters. The molecule has 0 fully saturated rings. The molecule has 1 aromatic heterocycles. The molecule has 1 aliphatic rings. The number of hydrogen-bond acceptors (Lipinski definition) is 5. The van der Waals surface area contributed by atoms with Gasteiger partial charge in [-0.25, -0.2) is 19.8 Å². The summed E-state index contributed by atoms with van der Waals surface area (Å²) in [5.74, 6) is 0.0123. The third-order valence-electron chi connectivity index (χ3n) is 2.89. The van der Waals surface area contributed by atoms with Crippen molar-refractivity contribution in [2.24, 2.45) is 5.10 Å². The van der Waals surface area contributed by atoms with Crippen molar-refractivity contribution in [3.63, 3.8) is 0 Å². The highest BCUT2D eigenvalue weighted by atomic mass is 19.1. The molecule has 0 unspecified atom stereocenters. The summed E-state index contributed by atoms with van der Waals surface area (Å²) < 4.78 is 18.2. The lowest BCUT2D eigenvalue weighted by Crippen LogP contribution is -2.26. The summed E-state index contributed by atoms with van der Waals surface area (Å²) in [6.45, 7) is 0. The van der Waals surface area contributed by atoms with Gasteiger partial charge < -0.3 is 4.74 Å². The van der Waals surface area contributed by atoms with Gasteiger partial charge in [-0.1, -0.05) is 0 Å². The minimum atomic E-state index is -0.337. The van der Waals surface area contributed by atoms with Gasteiger partial charge in [-0.2, -0.15) is 5.10 Å². The minimum absolute atomic E-state index is 0.101. The molecular weight excluding hydrogens is 275 g/mol. The van der Waals surface area contributed by atoms with Crippen molar-refractivity contribution < 1.29 is 13.9 Å². The van der Waals surface area contributed by atoms with E-state index in [0.29, 0.717) is 18.6 Å². The number of nitrogens with one attached hydrogen (secondary N) is 1. The number of carbonyl (C=O) groups is 1. The summed E-state index contributed by atoms with van der Waals surface area (Å²) in [6.07, 6.45) is 4.09. The Balaban J connectivity index is 1.72. The van der Waals surface area contributed by atoms with Crippen molar-refractivity contribution >= 4 is 11.6 Å². The number of aromatic nitrogens is 2. The largest absolute Gasteiger partial charge is 0.424 e. The van der Waals surface area contributed by atoms with Crippen LogP contribution in [0.15, 0.2) is 41.8 Å². The van der Waals surface area contributed by atoms with E-state index in [1.54, 1.807) is 12.4 Å². The molecule has 6 nitrogen and oxygen atoms in total. The van der Waals surface area contributed by atoms with Crippen molar-refractivity contribution in [1.82, 2.24) is 15.4 Å². The number of rotatable bonds is 3. The topological polar surface area (TPSA) is 76.5 Å². The van der Waals surface area contributed by atoms with Crippen molar-refractivity contribution in [3.05, 3.63) is 48.0 Å². The second-order valence-electron chi connectivity index (χ2n) is 4.40. The SMILES string of the molecule is O=C1CCC(c2cnc(Oc3ccc(F)cc3)nc2)=NN1. The van der Waals surface area contributed by atoms with Crippen LogP contribution in [0.3, 0.4) is 0 Å². The van der Waals surface area contributed by atoms with Gasteiger partial charge in [-0.15, -0.1) is 0 Å². The van der Waals surface area contributed by atoms with Crippen LogP contribution in [-0.2, 0) is 4.79 Å². The molecule has 0 saturated carbocycles. The van der Waals surface area contributed by atoms with Crippen LogP contribution in [0.1, 0.15) is 18.4 Å². The third kappa shape index (κ3) is 3.19. The zero-order valence-corrected chi connectivity index (χ0v) is 10.9. The first kappa shape index (κ1) is 13.2. The van der Waals surface area contributed by atoms with Crippen LogP contribution in [0.4, 0.5) is 4.39 Å². The van der Waals surface area contributed by atoms with E-state index < -0.39 is 0 Å². The molecule has 2 heterocycles. The van der Waals surface area contributed by atoms with Gasteiger partial charge in [0.2, 0.25) is 5.91 Å². The maximum absolute atomic E-state index is 12.8. The summed E-state index contributed by atoms with van der Waals surface area (Å²) in [5, 5.41) is 3.96. The lowest BCUT2D eigenvalue weighted by atomic mass is 10.1. The van der Waals surface area contributed by atoms with Gasteiger partial charge in [0.15, 0.2) is 0 Å². The highest BCUT2D eigenvalue weighted by Crippen LogP contribution is 2.18. The Labute approximate surface area is 119 Å². The lowest BCUT2D eigenvalue weighted by molar-refractivity contribution is -0.121. The molecule has 3 rings (SSSR count). The summed E-state index contributed by atoms with van der Waals surface area (Å²) in [5.41, 5.74) is 3.87. The molecule has 1 aromatic carbocycles. The maximum atomic E-state index is 12.8. The average molecular weight is 286 g/mol. The Morgan fingerprint density at radius 3 is 2.43 bits per heavy atom. The Kier molecular flexibility index (Phi) is 3.55. The second-order valence-corrected chi connectivity index (χ2v) is 4.40. The molecule has 0 spiro atoms. The van der Waals surface area contributed by atoms with Gasteiger partial charge >= 0.3 is 6.01 Å². The first-order chi connectivity index (χ1) is 10.2. The Hall–Kier alpha value is -2.83. The molecule has 21 heavy (non-hydrogen) atoms. The van der Waals surface area contributed by atoms with E-state index >= 15 is 0 Å². The van der Waals surface area contributed by atoms with Crippen molar-refractivity contribution in [2.45, 2.75) is 12.8 Å². The van der Waals surface area contributed by atoms with Crippen LogP contribution >= 0.6 is 0 Å². The lowest BCUT2D eigenvalue weighted by Gasteiger charge is -2.11. The van der Waals surface area contributed by atoms with Gasteiger partial charge in [0, 0.05) is 30.8 Å². The number of hydrazone groups is 1. The number of ether oxygens (including phenoxy) is 1. The number of halogens is 1. The van der Waals surface area contributed by atoms with Crippen LogP contribution in [0.2, 0.25) is 0 Å². The van der Waals surface area contributed by atoms with Gasteiger partial charge in [-0.3, -0.25) is 4.79 Å². The van der Waals surface area contributed by atoms with Crippen LogP contribution in [-0.4, -0.2) is 21.6 Å². The summed E-state index contributed by atoms with van der Waals surface area (Å²) in [7, 11) is 0. The molecule has 0 radical (unpaired) electrons. The third-order valence-corrected chi connectivity index (χ3v) is 2.89. The minimum Gasteiger partial charge on any atom is -0.424 e. The van der Waals surface area contributed by atoms with Crippen molar-refractivity contribution in [2.75, 3.05) is 0 Å². The van der Waals surface area contributed by atoms with E-state index in [1.807, 2.05) is 0 Å². The molecule has 1 amide bonds.